The summed E-state index contributed by atoms with van der Waals surface area (Å²) in [7, 11) is 0. The molecule has 2 aromatic heterocycles. The molecule has 0 fully saturated rings. The van der Waals surface area contributed by atoms with E-state index in [0.29, 0.717) is 18.1 Å². The third-order valence-electron chi connectivity index (χ3n) is 5.76. The molecule has 6 nitrogen and oxygen atoms in total. The molecular formula is C28H30N4O2S. The van der Waals surface area contributed by atoms with Crippen molar-refractivity contribution < 1.29 is 9.53 Å². The molecular weight excluding hydrogens is 456 g/mol. The van der Waals surface area contributed by atoms with E-state index in [4.69, 9.17) is 4.74 Å². The lowest BCUT2D eigenvalue weighted by Gasteiger charge is -2.22. The molecule has 0 radical (unpaired) electrons. The maximum Gasteiger partial charge on any atom is 0.256 e. The number of nitrogens with one attached hydrogen (secondary N) is 2. The molecule has 0 saturated heterocycles. The molecule has 4 rings (SSSR count). The van der Waals surface area contributed by atoms with Crippen LogP contribution in [0.15, 0.2) is 60.7 Å². The highest BCUT2D eigenvalue weighted by Crippen LogP contribution is 2.41. The second-order valence-corrected chi connectivity index (χ2v) is 9.62. The maximum absolute atomic E-state index is 13.0. The van der Waals surface area contributed by atoms with Crippen molar-refractivity contribution in [1.82, 2.24) is 9.97 Å². The van der Waals surface area contributed by atoms with Gasteiger partial charge in [-0.05, 0) is 76.1 Å². The first kappa shape index (κ1) is 24.4. The van der Waals surface area contributed by atoms with Crippen LogP contribution in [0.1, 0.15) is 56.3 Å². The van der Waals surface area contributed by atoms with Gasteiger partial charge in [0.25, 0.3) is 5.91 Å². The molecule has 2 N–H and O–H groups in total. The van der Waals surface area contributed by atoms with Crippen LogP contribution < -0.4 is 15.4 Å². The zero-order valence-corrected chi connectivity index (χ0v) is 21.5. The third-order valence-corrected chi connectivity index (χ3v) is 6.90. The van der Waals surface area contributed by atoms with E-state index in [1.54, 1.807) is 11.3 Å². The Kier molecular flexibility index (Phi) is 7.46. The third kappa shape index (κ3) is 5.69. The van der Waals surface area contributed by atoms with Gasteiger partial charge in [0.15, 0.2) is 0 Å². The van der Waals surface area contributed by atoms with E-state index in [-0.39, 0.29) is 11.9 Å². The number of aryl methyl sites for hydroxylation is 3. The standard InChI is InChI=1S/C28H30N4O2S/c1-6-34-23-14-12-21(13-15-23)25(31-28-29-17(2)16-18(3)30-28)24-19(4)20(5)35-27(24)32-26(33)22-10-8-7-9-11-22/h7-16,25H,6H2,1-5H3,(H,32,33)(H,29,30,31)/t25-/m0/s1. The number of anilines is 2. The van der Waals surface area contributed by atoms with Crippen molar-refractivity contribution in [2.24, 2.45) is 0 Å². The summed E-state index contributed by atoms with van der Waals surface area (Å²) in [6.07, 6.45) is 0. The van der Waals surface area contributed by atoms with E-state index < -0.39 is 0 Å². The lowest BCUT2D eigenvalue weighted by Crippen LogP contribution is -2.19. The Morgan fingerprint density at radius 3 is 2.26 bits per heavy atom. The second-order valence-electron chi connectivity index (χ2n) is 8.40. The van der Waals surface area contributed by atoms with Crippen LogP contribution in [0, 0.1) is 27.7 Å². The predicted octanol–water partition coefficient (Wildman–Crippen LogP) is 6.62. The van der Waals surface area contributed by atoms with Crippen LogP contribution in [0.2, 0.25) is 0 Å². The topological polar surface area (TPSA) is 76.1 Å². The molecule has 0 saturated carbocycles. The Balaban J connectivity index is 1.78. The number of amides is 1. The summed E-state index contributed by atoms with van der Waals surface area (Å²) >= 11 is 1.58. The van der Waals surface area contributed by atoms with Crippen LogP contribution in [0.5, 0.6) is 5.75 Å². The normalized spacial score (nSPS) is 11.7. The number of thiophene rings is 1. The lowest BCUT2D eigenvalue weighted by atomic mass is 9.96. The highest BCUT2D eigenvalue weighted by Gasteiger charge is 2.26. The van der Waals surface area contributed by atoms with Gasteiger partial charge in [-0.25, -0.2) is 9.97 Å². The minimum Gasteiger partial charge on any atom is -0.494 e. The Morgan fingerprint density at radius 1 is 0.971 bits per heavy atom. The quantitative estimate of drug-likeness (QED) is 0.293. The van der Waals surface area contributed by atoms with E-state index in [2.05, 4.69) is 34.4 Å². The van der Waals surface area contributed by atoms with Crippen LogP contribution in [-0.4, -0.2) is 22.5 Å². The molecule has 1 atom stereocenters. The summed E-state index contributed by atoms with van der Waals surface area (Å²) in [5, 5.41) is 7.51. The molecule has 0 aliphatic heterocycles. The first-order chi connectivity index (χ1) is 16.9. The number of carbonyl (C=O) groups excluding carboxylic acids is 1. The van der Waals surface area contributed by atoms with Gasteiger partial charge in [-0.2, -0.15) is 0 Å². The van der Waals surface area contributed by atoms with Crippen molar-refractivity contribution >= 4 is 28.2 Å². The Hall–Kier alpha value is -3.71. The predicted molar refractivity (Wildman–Crippen MR) is 143 cm³/mol. The molecule has 0 spiro atoms. The van der Waals surface area contributed by atoms with Crippen molar-refractivity contribution in [2.45, 2.75) is 40.7 Å². The number of rotatable bonds is 8. The largest absolute Gasteiger partial charge is 0.494 e. The first-order valence-electron chi connectivity index (χ1n) is 11.6. The summed E-state index contributed by atoms with van der Waals surface area (Å²) in [6, 6.07) is 18.9. The van der Waals surface area contributed by atoms with Gasteiger partial charge in [-0.15, -0.1) is 11.3 Å². The molecule has 7 heteroatoms. The zero-order chi connectivity index (χ0) is 24.9. The van der Waals surface area contributed by atoms with Crippen molar-refractivity contribution in [3.05, 3.63) is 99.2 Å². The van der Waals surface area contributed by atoms with E-state index in [0.717, 1.165) is 43.7 Å². The van der Waals surface area contributed by atoms with Gasteiger partial charge in [-0.1, -0.05) is 30.3 Å². The van der Waals surface area contributed by atoms with Gasteiger partial charge in [0, 0.05) is 27.4 Å². The minimum absolute atomic E-state index is 0.138. The number of ether oxygens (including phenoxy) is 1. The van der Waals surface area contributed by atoms with Gasteiger partial charge in [-0.3, -0.25) is 4.79 Å². The van der Waals surface area contributed by atoms with Gasteiger partial charge in [0.2, 0.25) is 5.95 Å². The summed E-state index contributed by atoms with van der Waals surface area (Å²) in [5.41, 5.74) is 5.54. The highest BCUT2D eigenvalue weighted by atomic mass is 32.1. The molecule has 2 aromatic carbocycles. The van der Waals surface area contributed by atoms with E-state index in [1.165, 1.54) is 0 Å². The molecule has 4 aromatic rings. The fourth-order valence-corrected chi connectivity index (χ4v) is 5.11. The number of aromatic nitrogens is 2. The minimum atomic E-state index is -0.275. The fourth-order valence-electron chi connectivity index (χ4n) is 4.01. The van der Waals surface area contributed by atoms with Crippen molar-refractivity contribution in [1.29, 1.82) is 0 Å². The summed E-state index contributed by atoms with van der Waals surface area (Å²) in [6.45, 7) is 10.6. The van der Waals surface area contributed by atoms with Crippen LogP contribution in [-0.2, 0) is 0 Å². The summed E-state index contributed by atoms with van der Waals surface area (Å²) < 4.78 is 5.65. The Bertz CT molecular complexity index is 1300. The van der Waals surface area contributed by atoms with Crippen molar-refractivity contribution in [2.75, 3.05) is 17.2 Å². The fraction of sp³-hybridized carbons (Fsp3) is 0.250. The maximum atomic E-state index is 13.0. The van der Waals surface area contributed by atoms with Crippen LogP contribution in [0.3, 0.4) is 0 Å². The van der Waals surface area contributed by atoms with E-state index >= 15 is 0 Å². The number of hydrogen-bond donors (Lipinski definition) is 2. The van der Waals surface area contributed by atoms with Gasteiger partial charge in [0.05, 0.1) is 12.6 Å². The summed E-state index contributed by atoms with van der Waals surface area (Å²) in [5.74, 6) is 1.22. The van der Waals surface area contributed by atoms with E-state index in [1.807, 2.05) is 81.4 Å². The van der Waals surface area contributed by atoms with Gasteiger partial charge in [0.1, 0.15) is 10.8 Å². The number of carbonyl (C=O) groups is 1. The molecule has 180 valence electrons. The SMILES string of the molecule is CCOc1ccc([C@H](Nc2nc(C)cc(C)n2)c2c(NC(=O)c3ccccc3)sc(C)c2C)cc1. The number of hydrogen-bond acceptors (Lipinski definition) is 6. The smallest absolute Gasteiger partial charge is 0.256 e. The van der Waals surface area contributed by atoms with Crippen LogP contribution in [0.4, 0.5) is 10.9 Å². The molecule has 0 bridgehead atoms. The number of nitrogens with zero attached hydrogens (tertiary/aromatic N) is 2. The average Bonchev–Trinajstić information content (AvgIpc) is 3.11. The van der Waals surface area contributed by atoms with Gasteiger partial charge < -0.3 is 15.4 Å². The molecule has 0 aliphatic carbocycles. The monoisotopic (exact) mass is 486 g/mol. The molecule has 35 heavy (non-hydrogen) atoms. The molecule has 0 unspecified atom stereocenters. The average molecular weight is 487 g/mol. The van der Waals surface area contributed by atoms with Gasteiger partial charge >= 0.3 is 0 Å². The van der Waals surface area contributed by atoms with Crippen LogP contribution in [0.25, 0.3) is 0 Å². The summed E-state index contributed by atoms with van der Waals surface area (Å²) in [4.78, 5) is 23.4. The van der Waals surface area contributed by atoms with Crippen molar-refractivity contribution in [3.8, 4) is 5.75 Å². The Morgan fingerprint density at radius 2 is 1.63 bits per heavy atom. The molecule has 1 amide bonds. The lowest BCUT2D eigenvalue weighted by molar-refractivity contribution is 0.102. The first-order valence-corrected chi connectivity index (χ1v) is 12.4. The second kappa shape index (κ2) is 10.7. The molecule has 2 heterocycles. The number of benzene rings is 2. The molecule has 0 aliphatic rings. The Labute approximate surface area is 210 Å². The van der Waals surface area contributed by atoms with E-state index in [9.17, 15) is 4.79 Å². The van der Waals surface area contributed by atoms with Crippen molar-refractivity contribution in [3.63, 3.8) is 0 Å². The van der Waals surface area contributed by atoms with Crippen LogP contribution >= 0.6 is 11.3 Å². The highest BCUT2D eigenvalue weighted by molar-refractivity contribution is 7.16. The zero-order valence-electron chi connectivity index (χ0n) is 20.7.